The van der Waals surface area contributed by atoms with Crippen molar-refractivity contribution in [2.45, 2.75) is 18.3 Å². The average Bonchev–Trinajstić information content (AvgIpc) is 2.83. The van der Waals surface area contributed by atoms with E-state index in [-0.39, 0.29) is 42.6 Å². The number of amides is 1. The molecule has 198 valence electrons. The molecule has 0 bridgehead atoms. The molecule has 2 aromatic rings. The molecule has 1 fully saturated rings. The van der Waals surface area contributed by atoms with E-state index in [4.69, 9.17) is 46.3 Å². The van der Waals surface area contributed by atoms with Crippen LogP contribution in [0, 0.1) is 0 Å². The summed E-state index contributed by atoms with van der Waals surface area (Å²) in [5, 5.41) is 11.0. The summed E-state index contributed by atoms with van der Waals surface area (Å²) in [5.74, 6) is 0.576. The van der Waals surface area contributed by atoms with Crippen LogP contribution in [0.25, 0.3) is 0 Å². The summed E-state index contributed by atoms with van der Waals surface area (Å²) in [5.41, 5.74) is -0.606. The number of aliphatic hydroxyl groups is 1. The van der Waals surface area contributed by atoms with Gasteiger partial charge in [0.25, 0.3) is 16.0 Å². The smallest absolute Gasteiger partial charge is 0.266 e. The SMILES string of the molecule is COc1cc(C(=O)N2CCO[C@](CC(O)OS(C)(=O)=O)(c3ccc(Cl)c(Cl)c3)C2)cc(OC)c1OC. The van der Waals surface area contributed by atoms with E-state index in [9.17, 15) is 18.3 Å². The fraction of sp³-hybridized carbons (Fsp3) is 0.435. The minimum Gasteiger partial charge on any atom is -0.493 e. The normalized spacial score (nSPS) is 19.0. The van der Waals surface area contributed by atoms with E-state index in [0.717, 1.165) is 6.26 Å². The van der Waals surface area contributed by atoms with Crippen molar-refractivity contribution in [2.24, 2.45) is 0 Å². The Hall–Kier alpha value is -2.28. The van der Waals surface area contributed by atoms with Gasteiger partial charge in [0.15, 0.2) is 17.8 Å². The zero-order chi connectivity index (χ0) is 26.7. The fourth-order valence-corrected chi connectivity index (χ4v) is 4.83. The first-order valence-corrected chi connectivity index (χ1v) is 13.3. The van der Waals surface area contributed by atoms with Gasteiger partial charge in [0, 0.05) is 18.5 Å². The van der Waals surface area contributed by atoms with Crippen molar-refractivity contribution in [1.29, 1.82) is 0 Å². The van der Waals surface area contributed by atoms with Crippen LogP contribution in [0.4, 0.5) is 0 Å². The van der Waals surface area contributed by atoms with Gasteiger partial charge in [-0.25, -0.2) is 4.18 Å². The average molecular weight is 564 g/mol. The Balaban J connectivity index is 2.01. The Labute approximate surface area is 219 Å². The minimum atomic E-state index is -3.97. The van der Waals surface area contributed by atoms with Gasteiger partial charge in [0.2, 0.25) is 5.75 Å². The first-order valence-electron chi connectivity index (χ1n) is 10.7. The van der Waals surface area contributed by atoms with Crippen molar-refractivity contribution in [3.8, 4) is 17.2 Å². The lowest BCUT2D eigenvalue weighted by Crippen LogP contribution is -2.53. The van der Waals surface area contributed by atoms with Crippen LogP contribution in [0.3, 0.4) is 0 Å². The molecule has 36 heavy (non-hydrogen) atoms. The Morgan fingerprint density at radius 2 is 1.75 bits per heavy atom. The van der Waals surface area contributed by atoms with Gasteiger partial charge in [0.1, 0.15) is 5.60 Å². The maximum Gasteiger partial charge on any atom is 0.266 e. The van der Waals surface area contributed by atoms with Gasteiger partial charge in [-0.3, -0.25) is 4.79 Å². The monoisotopic (exact) mass is 563 g/mol. The summed E-state index contributed by atoms with van der Waals surface area (Å²) < 4.78 is 50.0. The van der Waals surface area contributed by atoms with Gasteiger partial charge in [-0.05, 0) is 29.8 Å². The quantitative estimate of drug-likeness (QED) is 0.362. The number of rotatable bonds is 9. The van der Waals surface area contributed by atoms with Crippen molar-refractivity contribution < 1.29 is 41.4 Å². The number of benzene rings is 2. The van der Waals surface area contributed by atoms with E-state index in [1.54, 1.807) is 18.2 Å². The molecule has 0 aromatic heterocycles. The van der Waals surface area contributed by atoms with Gasteiger partial charge >= 0.3 is 0 Å². The number of aliphatic hydroxyl groups excluding tert-OH is 1. The maximum atomic E-state index is 13.6. The third kappa shape index (κ3) is 6.34. The van der Waals surface area contributed by atoms with Crippen molar-refractivity contribution in [3.05, 3.63) is 51.5 Å². The molecule has 1 saturated heterocycles. The highest BCUT2D eigenvalue weighted by molar-refractivity contribution is 7.86. The second kappa shape index (κ2) is 11.4. The van der Waals surface area contributed by atoms with Crippen molar-refractivity contribution in [2.75, 3.05) is 47.3 Å². The second-order valence-electron chi connectivity index (χ2n) is 8.07. The molecule has 2 atom stereocenters. The van der Waals surface area contributed by atoms with Gasteiger partial charge in [-0.15, -0.1) is 0 Å². The molecule has 1 unspecified atom stereocenters. The maximum absolute atomic E-state index is 13.6. The molecule has 0 spiro atoms. The number of carbonyl (C=O) groups is 1. The number of hydrogen-bond acceptors (Lipinski definition) is 9. The van der Waals surface area contributed by atoms with Crippen LogP contribution in [0.1, 0.15) is 22.3 Å². The minimum absolute atomic E-state index is 0.0510. The molecule has 0 radical (unpaired) electrons. The highest BCUT2D eigenvalue weighted by Crippen LogP contribution is 2.41. The van der Waals surface area contributed by atoms with Crippen LogP contribution in [-0.2, 0) is 24.6 Å². The molecular weight excluding hydrogens is 537 g/mol. The number of methoxy groups -OCH3 is 3. The highest BCUT2D eigenvalue weighted by Gasteiger charge is 2.43. The molecule has 1 heterocycles. The van der Waals surface area contributed by atoms with Gasteiger partial charge in [-0.2, -0.15) is 8.42 Å². The molecule has 1 amide bonds. The van der Waals surface area contributed by atoms with Crippen LogP contribution >= 0.6 is 23.2 Å². The second-order valence-corrected chi connectivity index (χ2v) is 10.5. The summed E-state index contributed by atoms with van der Waals surface area (Å²) >= 11 is 12.3. The molecule has 1 aliphatic heterocycles. The third-order valence-corrected chi connectivity index (χ3v) is 6.93. The summed E-state index contributed by atoms with van der Waals surface area (Å²) in [6.45, 7) is 0.258. The summed E-state index contributed by atoms with van der Waals surface area (Å²) in [6, 6.07) is 7.79. The van der Waals surface area contributed by atoms with E-state index in [1.165, 1.54) is 38.4 Å². The van der Waals surface area contributed by atoms with Crippen molar-refractivity contribution >= 4 is 39.2 Å². The molecule has 10 nitrogen and oxygen atoms in total. The molecule has 2 aromatic carbocycles. The molecule has 1 N–H and O–H groups in total. The zero-order valence-electron chi connectivity index (χ0n) is 20.1. The van der Waals surface area contributed by atoms with Crippen LogP contribution in [0.5, 0.6) is 17.2 Å². The summed E-state index contributed by atoms with van der Waals surface area (Å²) in [7, 11) is 0.378. The Bertz CT molecular complexity index is 1200. The Kier molecular flexibility index (Phi) is 8.97. The first kappa shape index (κ1) is 28.3. The third-order valence-electron chi connectivity index (χ3n) is 5.62. The zero-order valence-corrected chi connectivity index (χ0v) is 22.4. The lowest BCUT2D eigenvalue weighted by molar-refractivity contribution is -0.152. The molecule has 0 saturated carbocycles. The number of halogens is 2. The van der Waals surface area contributed by atoms with E-state index in [1.807, 2.05) is 0 Å². The summed E-state index contributed by atoms with van der Waals surface area (Å²) in [6.07, 6.45) is -1.23. The summed E-state index contributed by atoms with van der Waals surface area (Å²) in [4.78, 5) is 15.1. The predicted molar refractivity (Wildman–Crippen MR) is 133 cm³/mol. The number of nitrogens with zero attached hydrogens (tertiary/aromatic N) is 1. The van der Waals surface area contributed by atoms with E-state index in [2.05, 4.69) is 0 Å². The lowest BCUT2D eigenvalue weighted by atomic mass is 9.87. The van der Waals surface area contributed by atoms with Gasteiger partial charge in [-0.1, -0.05) is 29.3 Å². The lowest BCUT2D eigenvalue weighted by Gasteiger charge is -2.44. The molecular formula is C23H27Cl2NO9S. The molecule has 13 heteroatoms. The largest absolute Gasteiger partial charge is 0.493 e. The fourth-order valence-electron chi connectivity index (χ4n) is 4.06. The van der Waals surface area contributed by atoms with Crippen LogP contribution in [0.15, 0.2) is 30.3 Å². The van der Waals surface area contributed by atoms with Crippen LogP contribution in [-0.4, -0.2) is 77.9 Å². The molecule has 3 rings (SSSR count). The van der Waals surface area contributed by atoms with Gasteiger partial charge < -0.3 is 29.0 Å². The number of hydrogen-bond donors (Lipinski definition) is 1. The van der Waals surface area contributed by atoms with Crippen LogP contribution in [0.2, 0.25) is 10.0 Å². The Morgan fingerprint density at radius 3 is 2.28 bits per heavy atom. The van der Waals surface area contributed by atoms with Crippen molar-refractivity contribution in [3.63, 3.8) is 0 Å². The van der Waals surface area contributed by atoms with Crippen molar-refractivity contribution in [1.82, 2.24) is 4.90 Å². The highest BCUT2D eigenvalue weighted by atomic mass is 35.5. The van der Waals surface area contributed by atoms with E-state index >= 15 is 0 Å². The number of carbonyl (C=O) groups excluding carboxylic acids is 1. The van der Waals surface area contributed by atoms with E-state index in [0.29, 0.717) is 27.8 Å². The topological polar surface area (TPSA) is 121 Å². The molecule has 1 aliphatic rings. The van der Waals surface area contributed by atoms with E-state index < -0.39 is 22.0 Å². The number of ether oxygens (including phenoxy) is 4. The van der Waals surface area contributed by atoms with Gasteiger partial charge in [0.05, 0.1) is 50.8 Å². The number of morpholine rings is 1. The molecule has 0 aliphatic carbocycles. The first-order chi connectivity index (χ1) is 16.9. The Morgan fingerprint density at radius 1 is 1.11 bits per heavy atom. The standard InChI is InChI=1S/C23H27Cl2NO9S/c1-31-18-9-14(10-19(32-2)21(18)33-3)22(28)26-7-8-34-23(13-26,12-20(27)35-36(4,29)30)15-5-6-16(24)17(25)11-15/h5-6,9-11,20,27H,7-8,12-13H2,1-4H3/t20?,23-/m0/s1. The van der Waals surface area contributed by atoms with Crippen LogP contribution < -0.4 is 14.2 Å². The predicted octanol–water partition coefficient (Wildman–Crippen LogP) is 3.07.